The van der Waals surface area contributed by atoms with Crippen molar-refractivity contribution in [2.45, 2.75) is 12.5 Å². The van der Waals surface area contributed by atoms with E-state index in [1.165, 1.54) is 4.88 Å². The van der Waals surface area contributed by atoms with Crippen LogP contribution in [-0.4, -0.2) is 19.2 Å². The standard InChI is InChI=1S/C14H17NOS/c1-15(2)12-6-3-5-11(9-12)14(16)10-13-7-4-8-17-13/h3-9,14,16H,10H2,1-2H3. The quantitative estimate of drug-likeness (QED) is 0.897. The minimum absolute atomic E-state index is 0.423. The average molecular weight is 247 g/mol. The van der Waals surface area contributed by atoms with Crippen LogP contribution in [0.5, 0.6) is 0 Å². The fraction of sp³-hybridized carbons (Fsp3) is 0.286. The minimum atomic E-state index is -0.423. The molecule has 2 aromatic rings. The number of aliphatic hydroxyl groups is 1. The Balaban J connectivity index is 2.13. The predicted molar refractivity (Wildman–Crippen MR) is 73.8 cm³/mol. The van der Waals surface area contributed by atoms with E-state index < -0.39 is 6.10 Å². The second-order valence-corrected chi connectivity index (χ2v) is 5.32. The zero-order valence-corrected chi connectivity index (χ0v) is 10.9. The van der Waals surface area contributed by atoms with Gasteiger partial charge in [-0.3, -0.25) is 0 Å². The first-order valence-electron chi connectivity index (χ1n) is 5.64. The molecule has 1 aromatic carbocycles. The van der Waals surface area contributed by atoms with Gasteiger partial charge in [0.1, 0.15) is 0 Å². The SMILES string of the molecule is CN(C)c1cccc(C(O)Cc2cccs2)c1. The Hall–Kier alpha value is -1.32. The fourth-order valence-corrected chi connectivity index (χ4v) is 2.49. The number of benzene rings is 1. The Labute approximate surface area is 106 Å². The van der Waals surface area contributed by atoms with Crippen LogP contribution in [0, 0.1) is 0 Å². The van der Waals surface area contributed by atoms with E-state index in [4.69, 9.17) is 0 Å². The summed E-state index contributed by atoms with van der Waals surface area (Å²) in [6, 6.07) is 12.1. The van der Waals surface area contributed by atoms with Crippen molar-refractivity contribution in [1.29, 1.82) is 0 Å². The number of thiophene rings is 1. The highest BCUT2D eigenvalue weighted by Gasteiger charge is 2.10. The Kier molecular flexibility index (Phi) is 3.82. The molecule has 1 aromatic heterocycles. The zero-order chi connectivity index (χ0) is 12.3. The lowest BCUT2D eigenvalue weighted by atomic mass is 10.0. The summed E-state index contributed by atoms with van der Waals surface area (Å²) in [6.07, 6.45) is 0.266. The highest BCUT2D eigenvalue weighted by Crippen LogP contribution is 2.24. The van der Waals surface area contributed by atoms with E-state index in [0.29, 0.717) is 6.42 Å². The van der Waals surface area contributed by atoms with Crippen LogP contribution in [0.4, 0.5) is 5.69 Å². The van der Waals surface area contributed by atoms with Crippen LogP contribution in [0.2, 0.25) is 0 Å². The molecule has 0 aliphatic heterocycles. The normalized spacial score (nSPS) is 12.4. The van der Waals surface area contributed by atoms with Crippen molar-refractivity contribution in [1.82, 2.24) is 0 Å². The first-order chi connectivity index (χ1) is 8.16. The molecule has 1 heterocycles. The molecule has 90 valence electrons. The second-order valence-electron chi connectivity index (χ2n) is 4.29. The fourth-order valence-electron chi connectivity index (χ4n) is 1.75. The lowest BCUT2D eigenvalue weighted by Crippen LogP contribution is -2.09. The molecule has 1 unspecified atom stereocenters. The predicted octanol–water partition coefficient (Wildman–Crippen LogP) is 3.09. The molecular weight excluding hydrogens is 230 g/mol. The number of hydrogen-bond donors (Lipinski definition) is 1. The summed E-state index contributed by atoms with van der Waals surface area (Å²) in [6.45, 7) is 0. The topological polar surface area (TPSA) is 23.5 Å². The van der Waals surface area contributed by atoms with E-state index >= 15 is 0 Å². The van der Waals surface area contributed by atoms with Crippen LogP contribution < -0.4 is 4.90 Å². The number of aliphatic hydroxyl groups excluding tert-OH is 1. The lowest BCUT2D eigenvalue weighted by Gasteiger charge is -2.16. The van der Waals surface area contributed by atoms with Gasteiger partial charge in [-0.2, -0.15) is 0 Å². The molecule has 0 saturated heterocycles. The first-order valence-corrected chi connectivity index (χ1v) is 6.52. The maximum absolute atomic E-state index is 10.2. The van der Waals surface area contributed by atoms with Gasteiger partial charge < -0.3 is 10.0 Å². The number of rotatable bonds is 4. The molecule has 2 rings (SSSR count). The van der Waals surface area contributed by atoms with Gasteiger partial charge in [-0.1, -0.05) is 18.2 Å². The summed E-state index contributed by atoms with van der Waals surface area (Å²) >= 11 is 1.69. The van der Waals surface area contributed by atoms with Gasteiger partial charge >= 0.3 is 0 Å². The molecule has 0 fully saturated rings. The zero-order valence-electron chi connectivity index (χ0n) is 10.1. The molecule has 1 atom stereocenters. The highest BCUT2D eigenvalue weighted by atomic mass is 32.1. The van der Waals surface area contributed by atoms with Gasteiger partial charge in [-0.25, -0.2) is 0 Å². The average Bonchev–Trinajstić information content (AvgIpc) is 2.82. The van der Waals surface area contributed by atoms with Crippen LogP contribution in [0.25, 0.3) is 0 Å². The molecular formula is C14H17NOS. The summed E-state index contributed by atoms with van der Waals surface area (Å²) in [7, 11) is 4.01. The monoisotopic (exact) mass is 247 g/mol. The lowest BCUT2D eigenvalue weighted by molar-refractivity contribution is 0.179. The van der Waals surface area contributed by atoms with Crippen LogP contribution >= 0.6 is 11.3 Å². The number of nitrogens with zero attached hydrogens (tertiary/aromatic N) is 1. The maximum Gasteiger partial charge on any atom is 0.0839 e. The molecule has 3 heteroatoms. The van der Waals surface area contributed by atoms with Crippen molar-refractivity contribution in [3.8, 4) is 0 Å². The van der Waals surface area contributed by atoms with Gasteiger partial charge in [0.2, 0.25) is 0 Å². The van der Waals surface area contributed by atoms with Gasteiger partial charge in [0.05, 0.1) is 6.10 Å². The van der Waals surface area contributed by atoms with Crippen molar-refractivity contribution in [3.05, 3.63) is 52.2 Å². The van der Waals surface area contributed by atoms with Gasteiger partial charge in [0.25, 0.3) is 0 Å². The van der Waals surface area contributed by atoms with Gasteiger partial charge in [0, 0.05) is 31.1 Å². The Morgan fingerprint density at radius 2 is 2.06 bits per heavy atom. The van der Waals surface area contributed by atoms with E-state index in [1.807, 2.05) is 54.7 Å². The molecule has 17 heavy (non-hydrogen) atoms. The smallest absolute Gasteiger partial charge is 0.0839 e. The van der Waals surface area contributed by atoms with Gasteiger partial charge in [-0.15, -0.1) is 11.3 Å². The van der Waals surface area contributed by atoms with Crippen LogP contribution in [0.15, 0.2) is 41.8 Å². The molecule has 0 amide bonds. The number of anilines is 1. The van der Waals surface area contributed by atoms with Crippen molar-refractivity contribution in [2.24, 2.45) is 0 Å². The van der Waals surface area contributed by atoms with Crippen molar-refractivity contribution < 1.29 is 5.11 Å². The largest absolute Gasteiger partial charge is 0.388 e. The summed E-state index contributed by atoms with van der Waals surface area (Å²) in [5, 5.41) is 12.2. The second kappa shape index (κ2) is 5.34. The molecule has 1 N–H and O–H groups in total. The molecule has 2 nitrogen and oxygen atoms in total. The van der Waals surface area contributed by atoms with E-state index in [2.05, 4.69) is 6.07 Å². The first kappa shape index (κ1) is 12.1. The molecule has 0 radical (unpaired) electrons. The van der Waals surface area contributed by atoms with Crippen LogP contribution in [0.3, 0.4) is 0 Å². The summed E-state index contributed by atoms with van der Waals surface area (Å²) in [5.41, 5.74) is 2.09. The van der Waals surface area contributed by atoms with E-state index in [0.717, 1.165) is 11.3 Å². The Bertz CT molecular complexity index is 465. The summed E-state index contributed by atoms with van der Waals surface area (Å²) in [4.78, 5) is 3.26. The van der Waals surface area contributed by atoms with Crippen molar-refractivity contribution in [3.63, 3.8) is 0 Å². The Morgan fingerprint density at radius 3 is 2.71 bits per heavy atom. The molecule has 0 aliphatic rings. The van der Waals surface area contributed by atoms with Gasteiger partial charge in [-0.05, 0) is 29.1 Å². The maximum atomic E-state index is 10.2. The molecule has 0 aliphatic carbocycles. The van der Waals surface area contributed by atoms with Crippen molar-refractivity contribution in [2.75, 3.05) is 19.0 Å². The van der Waals surface area contributed by atoms with Gasteiger partial charge in [0.15, 0.2) is 0 Å². The molecule has 0 spiro atoms. The summed E-state index contributed by atoms with van der Waals surface area (Å²) in [5.74, 6) is 0. The van der Waals surface area contributed by atoms with E-state index in [9.17, 15) is 5.11 Å². The molecule has 0 saturated carbocycles. The third kappa shape index (κ3) is 3.08. The minimum Gasteiger partial charge on any atom is -0.388 e. The number of hydrogen-bond acceptors (Lipinski definition) is 3. The third-order valence-electron chi connectivity index (χ3n) is 2.75. The highest BCUT2D eigenvalue weighted by molar-refractivity contribution is 7.09. The molecule has 0 bridgehead atoms. The van der Waals surface area contributed by atoms with E-state index in [-0.39, 0.29) is 0 Å². The van der Waals surface area contributed by atoms with Crippen LogP contribution in [-0.2, 0) is 6.42 Å². The third-order valence-corrected chi connectivity index (χ3v) is 3.64. The van der Waals surface area contributed by atoms with Crippen molar-refractivity contribution >= 4 is 17.0 Å². The summed E-state index contributed by atoms with van der Waals surface area (Å²) < 4.78 is 0. The van der Waals surface area contributed by atoms with E-state index in [1.54, 1.807) is 11.3 Å². The Morgan fingerprint density at radius 1 is 1.24 bits per heavy atom. The van der Waals surface area contributed by atoms with Crippen LogP contribution in [0.1, 0.15) is 16.5 Å².